The van der Waals surface area contributed by atoms with Crippen molar-refractivity contribution in [2.24, 2.45) is 16.1 Å². The average molecular weight is 567 g/mol. The molecule has 0 radical (unpaired) electrons. The molecule has 0 saturated carbocycles. The molecule has 0 aliphatic rings. The van der Waals surface area contributed by atoms with E-state index in [1.807, 2.05) is 82.3 Å². The maximum absolute atomic E-state index is 13.5. The highest BCUT2D eigenvalue weighted by Gasteiger charge is 2.28. The van der Waals surface area contributed by atoms with Crippen molar-refractivity contribution in [1.29, 1.82) is 0 Å². The predicted molar refractivity (Wildman–Crippen MR) is 167 cm³/mol. The normalized spacial score (nSPS) is 12.0. The van der Waals surface area contributed by atoms with Crippen LogP contribution in [0.25, 0.3) is 33.4 Å². The molecular formula is C35H38N2O5. The second kappa shape index (κ2) is 12.6. The second-order valence-corrected chi connectivity index (χ2v) is 11.3. The number of carbonyl (C=O) groups is 3. The molecule has 0 bridgehead atoms. The van der Waals surface area contributed by atoms with Crippen molar-refractivity contribution in [3.05, 3.63) is 76.9 Å². The zero-order chi connectivity index (χ0) is 30.6. The van der Waals surface area contributed by atoms with Crippen LogP contribution in [0.4, 0.5) is 0 Å². The summed E-state index contributed by atoms with van der Waals surface area (Å²) in [6, 6.07) is 17.4. The average Bonchev–Trinajstić information content (AvgIpc) is 3.34. The fourth-order valence-electron chi connectivity index (χ4n) is 4.95. The van der Waals surface area contributed by atoms with Crippen LogP contribution in [-0.4, -0.2) is 30.4 Å². The number of furan rings is 1. The first-order valence-corrected chi connectivity index (χ1v) is 14.3. The molecule has 2 N–H and O–H groups in total. The highest BCUT2D eigenvalue weighted by atomic mass is 16.5. The molecule has 0 spiro atoms. The maximum Gasteiger partial charge on any atom is 0.234 e. The summed E-state index contributed by atoms with van der Waals surface area (Å²) in [5, 5.41) is 0.698. The summed E-state index contributed by atoms with van der Waals surface area (Å²) >= 11 is 0. The van der Waals surface area contributed by atoms with Crippen LogP contribution in [-0.2, 0) is 4.79 Å². The van der Waals surface area contributed by atoms with Gasteiger partial charge in [0.1, 0.15) is 22.9 Å². The number of ether oxygens (including phenoxy) is 1. The zero-order valence-electron chi connectivity index (χ0n) is 25.2. The minimum atomic E-state index is -0.798. The van der Waals surface area contributed by atoms with E-state index in [9.17, 15) is 14.4 Å². The van der Waals surface area contributed by atoms with Crippen LogP contribution >= 0.6 is 0 Å². The van der Waals surface area contributed by atoms with Gasteiger partial charge in [0.05, 0.1) is 12.2 Å². The van der Waals surface area contributed by atoms with Crippen LogP contribution in [0, 0.1) is 19.3 Å². The van der Waals surface area contributed by atoms with Crippen LogP contribution in [0.2, 0.25) is 0 Å². The van der Waals surface area contributed by atoms with Gasteiger partial charge in [-0.3, -0.25) is 14.4 Å². The SMILES string of the molecule is CCCOc1cc2oc(-c3ccc(C)cc3)c(C(=O)CC)c2cc1-c1ccc(C)c(C(=O)CC(C)(C)C(N)=NC=O)c1. The summed E-state index contributed by atoms with van der Waals surface area (Å²) in [4.78, 5) is 41.3. The number of rotatable bonds is 12. The maximum atomic E-state index is 13.5. The van der Waals surface area contributed by atoms with E-state index < -0.39 is 5.41 Å². The van der Waals surface area contributed by atoms with E-state index in [0.29, 0.717) is 53.0 Å². The molecule has 218 valence electrons. The molecule has 1 amide bonds. The van der Waals surface area contributed by atoms with Crippen molar-refractivity contribution < 1.29 is 23.5 Å². The zero-order valence-corrected chi connectivity index (χ0v) is 25.2. The Bertz CT molecular complexity index is 1680. The molecule has 0 aliphatic heterocycles. The number of ketones is 2. The molecule has 7 heteroatoms. The highest BCUT2D eigenvalue weighted by Crippen LogP contribution is 2.42. The highest BCUT2D eigenvalue weighted by molar-refractivity contribution is 6.13. The van der Waals surface area contributed by atoms with Gasteiger partial charge in [-0.05, 0) is 43.5 Å². The molecule has 3 aromatic carbocycles. The van der Waals surface area contributed by atoms with Gasteiger partial charge in [-0.15, -0.1) is 0 Å². The number of carbonyl (C=O) groups excluding carboxylic acids is 3. The van der Waals surface area contributed by atoms with E-state index in [-0.39, 0.29) is 23.8 Å². The fourth-order valence-corrected chi connectivity index (χ4v) is 4.95. The molecule has 0 saturated heterocycles. The molecule has 42 heavy (non-hydrogen) atoms. The van der Waals surface area contributed by atoms with E-state index >= 15 is 0 Å². The molecule has 0 aliphatic carbocycles. The molecule has 0 fully saturated rings. The van der Waals surface area contributed by atoms with Gasteiger partial charge in [-0.1, -0.05) is 69.7 Å². The third-order valence-corrected chi connectivity index (χ3v) is 7.50. The van der Waals surface area contributed by atoms with E-state index in [2.05, 4.69) is 4.99 Å². The number of nitrogens with zero attached hydrogens (tertiary/aromatic N) is 1. The quantitative estimate of drug-likeness (QED) is 0.0808. The number of aliphatic imine (C=N–C) groups is 1. The van der Waals surface area contributed by atoms with Crippen molar-refractivity contribution in [2.45, 2.75) is 60.8 Å². The lowest BCUT2D eigenvalue weighted by molar-refractivity contribution is -0.106. The van der Waals surface area contributed by atoms with Gasteiger partial charge in [0.2, 0.25) is 6.41 Å². The van der Waals surface area contributed by atoms with Crippen molar-refractivity contribution in [3.63, 3.8) is 0 Å². The van der Waals surface area contributed by atoms with Gasteiger partial charge >= 0.3 is 0 Å². The first-order chi connectivity index (χ1) is 20.0. The summed E-state index contributed by atoms with van der Waals surface area (Å²) in [5.74, 6) is 1.11. The Labute approximate surface area is 246 Å². The van der Waals surface area contributed by atoms with Gasteiger partial charge in [0.15, 0.2) is 11.6 Å². The van der Waals surface area contributed by atoms with Crippen LogP contribution in [0.1, 0.15) is 78.8 Å². The summed E-state index contributed by atoms with van der Waals surface area (Å²) in [6.07, 6.45) is 1.60. The van der Waals surface area contributed by atoms with Gasteiger partial charge < -0.3 is 14.9 Å². The largest absolute Gasteiger partial charge is 0.493 e. The number of Topliss-reactive ketones (excluding diaryl/α,β-unsaturated/α-hetero) is 2. The smallest absolute Gasteiger partial charge is 0.234 e. The van der Waals surface area contributed by atoms with Crippen LogP contribution in [0.3, 0.4) is 0 Å². The third-order valence-electron chi connectivity index (χ3n) is 7.50. The fraction of sp³-hybridized carbons (Fsp3) is 0.314. The Balaban J connectivity index is 1.89. The minimum Gasteiger partial charge on any atom is -0.493 e. The molecule has 0 unspecified atom stereocenters. The lowest BCUT2D eigenvalue weighted by atomic mass is 9.83. The lowest BCUT2D eigenvalue weighted by Gasteiger charge is -2.23. The van der Waals surface area contributed by atoms with E-state index in [0.717, 1.165) is 34.2 Å². The number of aryl methyl sites for hydroxylation is 2. The molecule has 1 heterocycles. The van der Waals surface area contributed by atoms with Crippen LogP contribution in [0.15, 0.2) is 64.0 Å². The number of amides is 1. The summed E-state index contributed by atoms with van der Waals surface area (Å²) in [7, 11) is 0. The molecular weight excluding hydrogens is 528 g/mol. The monoisotopic (exact) mass is 566 g/mol. The lowest BCUT2D eigenvalue weighted by Crippen LogP contribution is -2.34. The molecule has 1 aromatic heterocycles. The number of hydrogen-bond donors (Lipinski definition) is 1. The molecule has 4 aromatic rings. The Morgan fingerprint density at radius 2 is 1.67 bits per heavy atom. The molecule has 7 nitrogen and oxygen atoms in total. The van der Waals surface area contributed by atoms with E-state index in [1.54, 1.807) is 13.8 Å². The van der Waals surface area contributed by atoms with Crippen LogP contribution in [0.5, 0.6) is 5.75 Å². The van der Waals surface area contributed by atoms with Crippen molar-refractivity contribution in [1.82, 2.24) is 0 Å². The Kier molecular flexibility index (Phi) is 9.10. The van der Waals surface area contributed by atoms with Crippen molar-refractivity contribution >= 4 is 34.8 Å². The number of fused-ring (bicyclic) bond motifs is 1. The summed E-state index contributed by atoms with van der Waals surface area (Å²) in [6.45, 7) is 11.8. The first-order valence-electron chi connectivity index (χ1n) is 14.3. The third kappa shape index (κ3) is 6.20. The van der Waals surface area contributed by atoms with Gasteiger partial charge in [-0.2, -0.15) is 0 Å². The summed E-state index contributed by atoms with van der Waals surface area (Å²) in [5.41, 5.74) is 11.1. The number of nitrogens with two attached hydrogens (primary N) is 1. The molecule has 0 atom stereocenters. The Morgan fingerprint density at radius 3 is 2.31 bits per heavy atom. The number of benzene rings is 3. The number of hydrogen-bond acceptors (Lipinski definition) is 5. The van der Waals surface area contributed by atoms with Crippen molar-refractivity contribution in [3.8, 4) is 28.2 Å². The minimum absolute atomic E-state index is 0.0194. The van der Waals surface area contributed by atoms with Gasteiger partial charge in [0.25, 0.3) is 0 Å². The molecule has 4 rings (SSSR count). The van der Waals surface area contributed by atoms with E-state index in [1.165, 1.54) is 0 Å². The Morgan fingerprint density at radius 1 is 0.976 bits per heavy atom. The summed E-state index contributed by atoms with van der Waals surface area (Å²) < 4.78 is 12.5. The van der Waals surface area contributed by atoms with E-state index in [4.69, 9.17) is 14.9 Å². The van der Waals surface area contributed by atoms with Crippen molar-refractivity contribution in [2.75, 3.05) is 6.61 Å². The first kappa shape index (κ1) is 30.4. The van der Waals surface area contributed by atoms with Crippen LogP contribution < -0.4 is 10.5 Å². The number of amidine groups is 1. The Hall–Kier alpha value is -4.52. The standard InChI is InChI=1S/C35H38N2O5/c1-7-15-41-30-18-31-27(32(28(39)8-2)33(42-31)23-12-9-21(3)10-13-23)17-26(30)24-14-11-22(4)25(16-24)29(40)19-35(5,6)34(36)37-20-38/h9-14,16-18,20H,7-8,15,19H2,1-6H3,(H2,36,37,38). The predicted octanol–water partition coefficient (Wildman–Crippen LogP) is 7.88. The van der Waals surface area contributed by atoms with Gasteiger partial charge in [-0.25, -0.2) is 4.99 Å². The topological polar surface area (TPSA) is 112 Å². The second-order valence-electron chi connectivity index (χ2n) is 11.3. The van der Waals surface area contributed by atoms with Gasteiger partial charge in [0, 0.05) is 46.4 Å².